The highest BCUT2D eigenvalue weighted by Gasteiger charge is 2.54. The van der Waals surface area contributed by atoms with Crippen LogP contribution in [0.1, 0.15) is 57.9 Å². The van der Waals surface area contributed by atoms with Gasteiger partial charge in [-0.1, -0.05) is 13.8 Å². The second kappa shape index (κ2) is 10.0. The number of methoxy groups -OCH3 is 1. The van der Waals surface area contributed by atoms with Gasteiger partial charge in [-0.25, -0.2) is 4.39 Å². The molecule has 1 aromatic carbocycles. The van der Waals surface area contributed by atoms with Crippen molar-refractivity contribution in [1.29, 1.82) is 0 Å². The average Bonchev–Trinajstić information content (AvgIpc) is 3.58. The SMILES string of the molecule is CO[C@@H]1COCC[C@@H]1C[C@@H]1CC[C@@](C(=O)N2C[C@@H]3C[C@H]2CN3c2cc(F)cc(C(F)(F)F)c2)(C(C)C)C1. The Kier molecular flexibility index (Phi) is 7.24. The van der Waals surface area contributed by atoms with Gasteiger partial charge < -0.3 is 19.3 Å². The first-order valence-corrected chi connectivity index (χ1v) is 13.6. The molecule has 5 nitrogen and oxygen atoms in total. The van der Waals surface area contributed by atoms with E-state index >= 15 is 0 Å². The Labute approximate surface area is 216 Å². The van der Waals surface area contributed by atoms with Gasteiger partial charge in [0.1, 0.15) is 5.82 Å². The topological polar surface area (TPSA) is 42.0 Å². The molecule has 2 bridgehead atoms. The molecular formula is C28H38F4N2O3. The van der Waals surface area contributed by atoms with E-state index in [1.807, 2.05) is 9.80 Å². The number of ether oxygens (including phenoxy) is 2. The zero-order valence-electron chi connectivity index (χ0n) is 21.9. The summed E-state index contributed by atoms with van der Waals surface area (Å²) >= 11 is 0. The molecule has 37 heavy (non-hydrogen) atoms. The Bertz CT molecular complexity index is 1000. The average molecular weight is 527 g/mol. The first-order chi connectivity index (χ1) is 17.5. The van der Waals surface area contributed by atoms with E-state index in [1.165, 1.54) is 6.07 Å². The van der Waals surface area contributed by atoms with E-state index in [4.69, 9.17) is 9.47 Å². The van der Waals surface area contributed by atoms with Crippen LogP contribution in [-0.4, -0.2) is 62.4 Å². The van der Waals surface area contributed by atoms with Crippen molar-refractivity contribution in [2.24, 2.45) is 23.2 Å². The highest BCUT2D eigenvalue weighted by atomic mass is 19.4. The molecule has 3 aliphatic heterocycles. The lowest BCUT2D eigenvalue weighted by Gasteiger charge is -2.42. The zero-order valence-corrected chi connectivity index (χ0v) is 21.9. The van der Waals surface area contributed by atoms with Crippen LogP contribution in [0.4, 0.5) is 23.2 Å². The van der Waals surface area contributed by atoms with Crippen molar-refractivity contribution in [3.8, 4) is 0 Å². The Balaban J connectivity index is 1.27. The molecule has 4 fully saturated rings. The summed E-state index contributed by atoms with van der Waals surface area (Å²) < 4.78 is 65.1. The van der Waals surface area contributed by atoms with E-state index in [2.05, 4.69) is 13.8 Å². The van der Waals surface area contributed by atoms with Crippen LogP contribution in [0.3, 0.4) is 0 Å². The molecule has 9 heteroatoms. The third kappa shape index (κ3) is 4.98. The molecule has 3 saturated heterocycles. The van der Waals surface area contributed by atoms with Gasteiger partial charge in [0, 0.05) is 38.5 Å². The van der Waals surface area contributed by atoms with Crippen LogP contribution < -0.4 is 4.90 Å². The van der Waals surface area contributed by atoms with Gasteiger partial charge in [0.25, 0.3) is 0 Å². The number of amides is 1. The minimum Gasteiger partial charge on any atom is -0.379 e. The van der Waals surface area contributed by atoms with Crippen LogP contribution in [0.25, 0.3) is 0 Å². The van der Waals surface area contributed by atoms with Gasteiger partial charge in [-0.3, -0.25) is 4.79 Å². The van der Waals surface area contributed by atoms with Gasteiger partial charge in [0.05, 0.1) is 29.7 Å². The molecule has 206 valence electrons. The fraction of sp³-hybridized carbons (Fsp3) is 0.750. The molecule has 1 aliphatic carbocycles. The number of piperazine rings is 1. The van der Waals surface area contributed by atoms with E-state index in [0.29, 0.717) is 44.0 Å². The Morgan fingerprint density at radius 2 is 1.97 bits per heavy atom. The molecule has 0 radical (unpaired) electrons. The lowest BCUT2D eigenvalue weighted by Crippen LogP contribution is -2.54. The maximum absolute atomic E-state index is 14.1. The van der Waals surface area contributed by atoms with Crippen LogP contribution in [0.2, 0.25) is 0 Å². The first-order valence-electron chi connectivity index (χ1n) is 13.6. The molecule has 0 aromatic heterocycles. The van der Waals surface area contributed by atoms with E-state index in [0.717, 1.165) is 44.8 Å². The van der Waals surface area contributed by atoms with E-state index in [9.17, 15) is 22.4 Å². The normalized spacial score (nSPS) is 34.1. The predicted octanol–water partition coefficient (Wildman–Crippen LogP) is 5.52. The summed E-state index contributed by atoms with van der Waals surface area (Å²) in [5.74, 6) is 0.423. The van der Waals surface area contributed by atoms with Crippen molar-refractivity contribution in [1.82, 2.24) is 4.90 Å². The lowest BCUT2D eigenvalue weighted by atomic mass is 9.73. The van der Waals surface area contributed by atoms with Crippen molar-refractivity contribution in [3.05, 3.63) is 29.6 Å². The molecule has 0 spiro atoms. The van der Waals surface area contributed by atoms with Crippen LogP contribution in [0, 0.1) is 29.0 Å². The largest absolute Gasteiger partial charge is 0.416 e. The number of likely N-dealkylation sites (tertiary alicyclic amines) is 1. The maximum atomic E-state index is 14.1. The number of carbonyl (C=O) groups is 1. The highest BCUT2D eigenvalue weighted by molar-refractivity contribution is 5.84. The minimum atomic E-state index is -4.60. The molecule has 1 aromatic rings. The van der Waals surface area contributed by atoms with E-state index < -0.39 is 23.0 Å². The maximum Gasteiger partial charge on any atom is 0.416 e. The van der Waals surface area contributed by atoms with Crippen molar-refractivity contribution in [2.75, 3.05) is 38.3 Å². The summed E-state index contributed by atoms with van der Waals surface area (Å²) in [7, 11) is 1.74. The number of hydrogen-bond donors (Lipinski definition) is 0. The van der Waals surface area contributed by atoms with E-state index in [-0.39, 0.29) is 35.7 Å². The lowest BCUT2D eigenvalue weighted by molar-refractivity contribution is -0.146. The minimum absolute atomic E-state index is 0.0573. The number of rotatable bonds is 6. The van der Waals surface area contributed by atoms with Gasteiger partial charge in [-0.2, -0.15) is 13.2 Å². The number of anilines is 1. The zero-order chi connectivity index (χ0) is 26.5. The number of alkyl halides is 3. The highest BCUT2D eigenvalue weighted by Crippen LogP contribution is 2.52. The molecule has 5 rings (SSSR count). The summed E-state index contributed by atoms with van der Waals surface area (Å²) in [5, 5.41) is 0. The fourth-order valence-corrected chi connectivity index (χ4v) is 7.48. The molecule has 0 N–H and O–H groups in total. The van der Waals surface area contributed by atoms with Crippen LogP contribution in [-0.2, 0) is 20.4 Å². The van der Waals surface area contributed by atoms with Gasteiger partial charge >= 0.3 is 6.18 Å². The standard InChI is InChI=1S/C28H38F4N2O3/c1-17(2)27(6-4-18(13-27)8-19-5-7-37-16-25(19)36-3)26(35)34-15-23-12-24(34)14-33(23)22-10-20(28(30,31)32)9-21(29)11-22/h9-11,17-19,23-25H,4-8,12-16H2,1-3H3/t18-,19+,23-,24-,25+,27-/m0/s1. The van der Waals surface area contributed by atoms with Crippen molar-refractivity contribution in [2.45, 2.75) is 76.7 Å². The summed E-state index contributed by atoms with van der Waals surface area (Å²) in [6.07, 6.45) is 1.00. The third-order valence-electron chi connectivity index (χ3n) is 9.61. The van der Waals surface area contributed by atoms with Gasteiger partial charge in [0.2, 0.25) is 5.91 Å². The summed E-state index contributed by atoms with van der Waals surface area (Å²) in [6.45, 7) is 6.58. The molecule has 6 atom stereocenters. The number of nitrogens with zero attached hydrogens (tertiary/aromatic N) is 2. The van der Waals surface area contributed by atoms with Crippen LogP contribution >= 0.6 is 0 Å². The smallest absolute Gasteiger partial charge is 0.379 e. The fourth-order valence-electron chi connectivity index (χ4n) is 7.48. The van der Waals surface area contributed by atoms with Crippen LogP contribution in [0.5, 0.6) is 0 Å². The number of hydrogen-bond acceptors (Lipinski definition) is 4. The Morgan fingerprint density at radius 1 is 1.19 bits per heavy atom. The Morgan fingerprint density at radius 3 is 2.62 bits per heavy atom. The van der Waals surface area contributed by atoms with Gasteiger partial charge in [0.15, 0.2) is 0 Å². The third-order valence-corrected chi connectivity index (χ3v) is 9.61. The summed E-state index contributed by atoms with van der Waals surface area (Å²) in [6, 6.07) is 2.58. The predicted molar refractivity (Wildman–Crippen MR) is 132 cm³/mol. The summed E-state index contributed by atoms with van der Waals surface area (Å²) in [4.78, 5) is 17.9. The molecular weight excluding hydrogens is 488 g/mol. The molecule has 4 aliphatic rings. The summed E-state index contributed by atoms with van der Waals surface area (Å²) in [5.41, 5.74) is -1.14. The van der Waals surface area contributed by atoms with Crippen molar-refractivity contribution >= 4 is 11.6 Å². The Hall–Kier alpha value is -1.87. The second-order valence-corrected chi connectivity index (χ2v) is 11.9. The van der Waals surface area contributed by atoms with Crippen LogP contribution in [0.15, 0.2) is 18.2 Å². The number of fused-ring (bicyclic) bond motifs is 2. The quantitative estimate of drug-likeness (QED) is 0.458. The van der Waals surface area contributed by atoms with Crippen molar-refractivity contribution < 1.29 is 31.8 Å². The molecule has 1 amide bonds. The molecule has 3 heterocycles. The first kappa shape index (κ1) is 26.7. The van der Waals surface area contributed by atoms with E-state index in [1.54, 1.807) is 7.11 Å². The number of benzene rings is 1. The monoisotopic (exact) mass is 526 g/mol. The van der Waals surface area contributed by atoms with Crippen molar-refractivity contribution in [3.63, 3.8) is 0 Å². The van der Waals surface area contributed by atoms with Gasteiger partial charge in [-0.15, -0.1) is 0 Å². The number of halogens is 4. The molecule has 1 saturated carbocycles. The number of carbonyl (C=O) groups excluding carboxylic acids is 1. The second-order valence-electron chi connectivity index (χ2n) is 11.9. The van der Waals surface area contributed by atoms with Gasteiger partial charge in [-0.05, 0) is 74.5 Å². The molecule has 0 unspecified atom stereocenters.